The molecule has 2 aliphatic rings. The summed E-state index contributed by atoms with van der Waals surface area (Å²) in [6, 6.07) is 2.18. The van der Waals surface area contributed by atoms with Crippen molar-refractivity contribution in [2.75, 3.05) is 13.1 Å². The summed E-state index contributed by atoms with van der Waals surface area (Å²) >= 11 is 0. The van der Waals surface area contributed by atoms with E-state index in [4.69, 9.17) is 0 Å². The molecule has 74 valence electrons. The second-order valence-electron chi connectivity index (χ2n) is 4.45. The van der Waals surface area contributed by atoms with Crippen LogP contribution in [0.4, 0.5) is 0 Å². The fourth-order valence-corrected chi connectivity index (χ4v) is 2.76. The summed E-state index contributed by atoms with van der Waals surface area (Å²) in [7, 11) is 0. The Bertz CT molecular complexity index is 337. The number of hydrogen-bond donors (Lipinski definition) is 2. The van der Waals surface area contributed by atoms with Gasteiger partial charge in [-0.2, -0.15) is 0 Å². The number of rotatable bonds is 1. The monoisotopic (exact) mass is 188 g/mol. The minimum Gasteiger partial charge on any atom is -0.367 e. The first-order valence-electron chi connectivity index (χ1n) is 5.47. The smallest absolute Gasteiger partial charge is 0.00808 e. The minimum absolute atomic E-state index is 0.748. The Morgan fingerprint density at radius 2 is 2.29 bits per heavy atom. The van der Waals surface area contributed by atoms with Gasteiger partial charge in [-0.3, -0.25) is 0 Å². The summed E-state index contributed by atoms with van der Waals surface area (Å²) in [6.07, 6.45) is 9.20. The fraction of sp³-hybridized carbons (Fsp3) is 0.500. The minimum atomic E-state index is 0.748. The number of hydrogen-bond acceptors (Lipinski definition) is 1. The molecule has 0 amide bonds. The summed E-state index contributed by atoms with van der Waals surface area (Å²) in [5.74, 6) is 1.63. The van der Waals surface area contributed by atoms with Gasteiger partial charge in [-0.25, -0.2) is 0 Å². The molecule has 1 aliphatic carbocycles. The number of piperidine rings is 1. The summed E-state index contributed by atoms with van der Waals surface area (Å²) in [4.78, 5) is 3.14. The molecule has 3 rings (SSSR count). The van der Waals surface area contributed by atoms with E-state index in [1.807, 2.05) is 6.20 Å². The zero-order valence-electron chi connectivity index (χ0n) is 8.29. The van der Waals surface area contributed by atoms with Crippen LogP contribution in [0.1, 0.15) is 18.4 Å². The highest BCUT2D eigenvalue weighted by atomic mass is 14.9. The van der Waals surface area contributed by atoms with Crippen LogP contribution < -0.4 is 5.32 Å². The van der Waals surface area contributed by atoms with Crippen LogP contribution in [0.25, 0.3) is 5.57 Å². The van der Waals surface area contributed by atoms with Crippen molar-refractivity contribution in [2.45, 2.75) is 12.8 Å². The number of H-pyrrole nitrogens is 1. The lowest BCUT2D eigenvalue weighted by Gasteiger charge is -2.35. The summed E-state index contributed by atoms with van der Waals surface area (Å²) in [6.45, 7) is 2.38. The van der Waals surface area contributed by atoms with E-state index in [1.165, 1.54) is 24.9 Å². The number of nitrogens with one attached hydrogen (secondary N) is 2. The van der Waals surface area contributed by atoms with Crippen LogP contribution in [0.15, 0.2) is 24.5 Å². The maximum absolute atomic E-state index is 3.53. The molecule has 14 heavy (non-hydrogen) atoms. The van der Waals surface area contributed by atoms with Crippen molar-refractivity contribution in [3.05, 3.63) is 30.1 Å². The quantitative estimate of drug-likeness (QED) is 0.693. The van der Waals surface area contributed by atoms with Crippen LogP contribution in [0.2, 0.25) is 0 Å². The topological polar surface area (TPSA) is 27.8 Å². The Morgan fingerprint density at radius 3 is 3.14 bits per heavy atom. The van der Waals surface area contributed by atoms with Crippen LogP contribution in [0.3, 0.4) is 0 Å². The van der Waals surface area contributed by atoms with Crippen LogP contribution in [-0.2, 0) is 0 Å². The third kappa shape index (κ3) is 1.30. The molecule has 2 heteroatoms. The van der Waals surface area contributed by atoms with E-state index < -0.39 is 0 Å². The Morgan fingerprint density at radius 1 is 1.29 bits per heavy atom. The van der Waals surface area contributed by atoms with Gasteiger partial charge in [0.25, 0.3) is 0 Å². The normalized spacial score (nSPS) is 31.3. The van der Waals surface area contributed by atoms with Crippen molar-refractivity contribution in [1.82, 2.24) is 10.3 Å². The van der Waals surface area contributed by atoms with E-state index in [0.29, 0.717) is 0 Å². The van der Waals surface area contributed by atoms with Crippen LogP contribution in [0, 0.1) is 11.8 Å². The number of aromatic amines is 1. The van der Waals surface area contributed by atoms with Crippen molar-refractivity contribution < 1.29 is 0 Å². The van der Waals surface area contributed by atoms with Gasteiger partial charge in [0.15, 0.2) is 0 Å². The van der Waals surface area contributed by atoms with Crippen LogP contribution >= 0.6 is 0 Å². The van der Waals surface area contributed by atoms with Crippen molar-refractivity contribution in [1.29, 1.82) is 0 Å². The van der Waals surface area contributed by atoms with Gasteiger partial charge in [0.2, 0.25) is 0 Å². The molecule has 2 N–H and O–H groups in total. The molecule has 1 aliphatic heterocycles. The highest BCUT2D eigenvalue weighted by Crippen LogP contribution is 2.36. The maximum atomic E-state index is 3.53. The zero-order chi connectivity index (χ0) is 9.38. The van der Waals surface area contributed by atoms with Crippen molar-refractivity contribution >= 4 is 5.57 Å². The number of allylic oxidation sites excluding steroid dienone is 1. The summed E-state index contributed by atoms with van der Waals surface area (Å²) in [5, 5.41) is 3.53. The predicted octanol–water partition coefficient (Wildman–Crippen LogP) is 2.03. The standard InChI is InChI=1S/C12H16N2/c1-2-12(10-3-4-13-7-10)11-5-9(1)6-14-8-11/h2-4,7,9,11,13-14H,1,5-6,8H2. The van der Waals surface area contributed by atoms with Crippen molar-refractivity contribution in [3.8, 4) is 0 Å². The fourth-order valence-electron chi connectivity index (χ4n) is 2.76. The first-order valence-corrected chi connectivity index (χ1v) is 5.47. The van der Waals surface area contributed by atoms with E-state index in [1.54, 1.807) is 5.57 Å². The van der Waals surface area contributed by atoms with Crippen LogP contribution in [0.5, 0.6) is 0 Å². The highest BCUT2D eigenvalue weighted by molar-refractivity contribution is 5.68. The van der Waals surface area contributed by atoms with Gasteiger partial charge in [-0.1, -0.05) is 6.08 Å². The molecule has 0 aromatic carbocycles. The average Bonchev–Trinajstić information content (AvgIpc) is 2.71. The molecule has 2 unspecified atom stereocenters. The SMILES string of the molecule is C1=C(c2cc[nH]c2)C2CNCC(C1)C2. The Balaban J connectivity index is 1.92. The van der Waals surface area contributed by atoms with E-state index in [-0.39, 0.29) is 0 Å². The van der Waals surface area contributed by atoms with Gasteiger partial charge in [0.1, 0.15) is 0 Å². The second kappa shape index (κ2) is 3.28. The molecule has 1 saturated heterocycles. The van der Waals surface area contributed by atoms with Gasteiger partial charge in [0, 0.05) is 18.9 Å². The molecule has 2 atom stereocenters. The molecule has 1 aromatic heterocycles. The third-order valence-electron chi connectivity index (χ3n) is 3.48. The Hall–Kier alpha value is -1.02. The van der Waals surface area contributed by atoms with Gasteiger partial charge in [-0.05, 0) is 48.4 Å². The lowest BCUT2D eigenvalue weighted by Crippen LogP contribution is -2.38. The van der Waals surface area contributed by atoms with Gasteiger partial charge in [-0.15, -0.1) is 0 Å². The first kappa shape index (κ1) is 8.30. The molecule has 2 bridgehead atoms. The van der Waals surface area contributed by atoms with Crippen molar-refractivity contribution in [2.24, 2.45) is 11.8 Å². The third-order valence-corrected chi connectivity index (χ3v) is 3.48. The molecule has 1 fully saturated rings. The molecular formula is C12H16N2. The average molecular weight is 188 g/mol. The summed E-state index contributed by atoms with van der Waals surface area (Å²) < 4.78 is 0. The Labute approximate surface area is 84.4 Å². The Kier molecular flexibility index (Phi) is 1.95. The molecule has 2 heterocycles. The van der Waals surface area contributed by atoms with E-state index in [2.05, 4.69) is 28.6 Å². The molecule has 2 nitrogen and oxygen atoms in total. The first-order chi connectivity index (χ1) is 6.93. The van der Waals surface area contributed by atoms with Gasteiger partial charge >= 0.3 is 0 Å². The predicted molar refractivity (Wildman–Crippen MR) is 57.9 cm³/mol. The van der Waals surface area contributed by atoms with Gasteiger partial charge < -0.3 is 10.3 Å². The van der Waals surface area contributed by atoms with Crippen LogP contribution in [-0.4, -0.2) is 18.1 Å². The number of fused-ring (bicyclic) bond motifs is 2. The molecule has 0 radical (unpaired) electrons. The molecular weight excluding hydrogens is 172 g/mol. The molecule has 0 saturated carbocycles. The van der Waals surface area contributed by atoms with Gasteiger partial charge in [0.05, 0.1) is 0 Å². The van der Waals surface area contributed by atoms with E-state index in [9.17, 15) is 0 Å². The number of aromatic nitrogens is 1. The summed E-state index contributed by atoms with van der Waals surface area (Å²) in [5.41, 5.74) is 2.94. The largest absolute Gasteiger partial charge is 0.367 e. The molecule has 1 aromatic rings. The maximum Gasteiger partial charge on any atom is 0.00808 e. The highest BCUT2D eigenvalue weighted by Gasteiger charge is 2.28. The second-order valence-corrected chi connectivity index (χ2v) is 4.45. The zero-order valence-corrected chi connectivity index (χ0v) is 8.29. The lowest BCUT2D eigenvalue weighted by molar-refractivity contribution is 0.320. The van der Waals surface area contributed by atoms with E-state index in [0.717, 1.165) is 18.4 Å². The van der Waals surface area contributed by atoms with E-state index >= 15 is 0 Å². The lowest BCUT2D eigenvalue weighted by atomic mass is 9.76. The molecule has 0 spiro atoms. The van der Waals surface area contributed by atoms with Crippen molar-refractivity contribution in [3.63, 3.8) is 0 Å².